The van der Waals surface area contributed by atoms with Gasteiger partial charge in [-0.3, -0.25) is 4.79 Å². The summed E-state index contributed by atoms with van der Waals surface area (Å²) < 4.78 is 10.7. The highest BCUT2D eigenvalue weighted by Crippen LogP contribution is 2.29. The molecule has 112 valence electrons. The summed E-state index contributed by atoms with van der Waals surface area (Å²) in [6, 6.07) is 5.06. The smallest absolute Gasteiger partial charge is 0.254 e. The molecule has 0 heterocycles. The monoisotopic (exact) mass is 281 g/mol. The standard InChI is InChI=1S/C15H23NO4/c1-6-20-12-8-7-11(9-13(12)19-5)14(18)16(4)15(2,3)10-17/h7-9,17H,6,10H2,1-5H3. The number of aliphatic hydroxyl groups excluding tert-OH is 1. The first kappa shape index (κ1) is 16.3. The van der Waals surface area contributed by atoms with E-state index in [4.69, 9.17) is 9.47 Å². The Kier molecular flexibility index (Phi) is 5.39. The summed E-state index contributed by atoms with van der Waals surface area (Å²) in [5.74, 6) is 0.953. The van der Waals surface area contributed by atoms with E-state index in [1.807, 2.05) is 6.92 Å². The van der Waals surface area contributed by atoms with E-state index in [9.17, 15) is 9.90 Å². The van der Waals surface area contributed by atoms with Crippen LogP contribution in [0.2, 0.25) is 0 Å². The Hall–Kier alpha value is -1.75. The van der Waals surface area contributed by atoms with Gasteiger partial charge in [0, 0.05) is 12.6 Å². The van der Waals surface area contributed by atoms with E-state index in [1.165, 1.54) is 12.0 Å². The molecule has 0 unspecified atom stereocenters. The second-order valence-electron chi connectivity index (χ2n) is 5.13. The van der Waals surface area contributed by atoms with Crippen LogP contribution in [0.1, 0.15) is 31.1 Å². The number of nitrogens with zero attached hydrogens (tertiary/aromatic N) is 1. The fourth-order valence-electron chi connectivity index (χ4n) is 1.65. The first-order chi connectivity index (χ1) is 9.37. The van der Waals surface area contributed by atoms with Crippen LogP contribution in [-0.2, 0) is 0 Å². The van der Waals surface area contributed by atoms with Crippen LogP contribution in [0.4, 0.5) is 0 Å². The van der Waals surface area contributed by atoms with E-state index in [0.29, 0.717) is 23.7 Å². The molecule has 0 aromatic heterocycles. The molecule has 1 aromatic rings. The van der Waals surface area contributed by atoms with Gasteiger partial charge in [0.1, 0.15) is 0 Å². The van der Waals surface area contributed by atoms with Crippen LogP contribution in [0, 0.1) is 0 Å². The lowest BCUT2D eigenvalue weighted by Crippen LogP contribution is -2.47. The van der Waals surface area contributed by atoms with Gasteiger partial charge in [-0.05, 0) is 39.0 Å². The van der Waals surface area contributed by atoms with Crippen LogP contribution >= 0.6 is 0 Å². The van der Waals surface area contributed by atoms with Crippen molar-refractivity contribution in [3.05, 3.63) is 23.8 Å². The molecule has 1 rings (SSSR count). The van der Waals surface area contributed by atoms with Crippen LogP contribution in [0.25, 0.3) is 0 Å². The third kappa shape index (κ3) is 3.42. The molecule has 20 heavy (non-hydrogen) atoms. The van der Waals surface area contributed by atoms with E-state index in [1.54, 1.807) is 39.1 Å². The van der Waals surface area contributed by atoms with Crippen LogP contribution in [-0.4, -0.2) is 48.8 Å². The fraction of sp³-hybridized carbons (Fsp3) is 0.533. The maximum absolute atomic E-state index is 12.4. The number of benzene rings is 1. The SMILES string of the molecule is CCOc1ccc(C(=O)N(C)C(C)(C)CO)cc1OC. The van der Waals surface area contributed by atoms with E-state index in [2.05, 4.69) is 0 Å². The topological polar surface area (TPSA) is 59.0 Å². The minimum absolute atomic E-state index is 0.108. The molecule has 0 spiro atoms. The number of carbonyl (C=O) groups excluding carboxylic acids is 1. The van der Waals surface area contributed by atoms with Crippen molar-refractivity contribution in [2.75, 3.05) is 27.4 Å². The van der Waals surface area contributed by atoms with Gasteiger partial charge in [-0.25, -0.2) is 0 Å². The second kappa shape index (κ2) is 6.61. The summed E-state index contributed by atoms with van der Waals surface area (Å²) in [6.07, 6.45) is 0. The quantitative estimate of drug-likeness (QED) is 0.865. The van der Waals surface area contributed by atoms with Crippen molar-refractivity contribution in [1.29, 1.82) is 0 Å². The molecule has 0 atom stereocenters. The van der Waals surface area contributed by atoms with E-state index < -0.39 is 5.54 Å². The minimum atomic E-state index is -0.622. The average Bonchev–Trinajstić information content (AvgIpc) is 2.46. The number of hydrogen-bond donors (Lipinski definition) is 1. The lowest BCUT2D eigenvalue weighted by Gasteiger charge is -2.34. The van der Waals surface area contributed by atoms with Crippen molar-refractivity contribution in [2.45, 2.75) is 26.3 Å². The summed E-state index contributed by atoms with van der Waals surface area (Å²) in [7, 11) is 3.20. The highest BCUT2D eigenvalue weighted by Gasteiger charge is 2.28. The number of methoxy groups -OCH3 is 1. The van der Waals surface area contributed by atoms with Crippen molar-refractivity contribution in [3.63, 3.8) is 0 Å². The van der Waals surface area contributed by atoms with Gasteiger partial charge in [-0.2, -0.15) is 0 Å². The van der Waals surface area contributed by atoms with Gasteiger partial charge in [-0.1, -0.05) is 0 Å². The molecule has 1 amide bonds. The minimum Gasteiger partial charge on any atom is -0.493 e. The van der Waals surface area contributed by atoms with Gasteiger partial charge >= 0.3 is 0 Å². The van der Waals surface area contributed by atoms with Crippen molar-refractivity contribution >= 4 is 5.91 Å². The molecule has 1 aromatic carbocycles. The number of amides is 1. The Morgan fingerprint density at radius 1 is 1.35 bits per heavy atom. The van der Waals surface area contributed by atoms with Gasteiger partial charge < -0.3 is 19.5 Å². The van der Waals surface area contributed by atoms with Crippen LogP contribution in [0.5, 0.6) is 11.5 Å². The summed E-state index contributed by atoms with van der Waals surface area (Å²) in [4.78, 5) is 13.9. The molecule has 1 N–H and O–H groups in total. The van der Waals surface area contributed by atoms with Crippen molar-refractivity contribution in [2.24, 2.45) is 0 Å². The Morgan fingerprint density at radius 2 is 2.00 bits per heavy atom. The third-order valence-corrected chi connectivity index (χ3v) is 3.31. The first-order valence-electron chi connectivity index (χ1n) is 6.57. The Labute approximate surface area is 120 Å². The molecule has 0 fully saturated rings. The molecule has 0 saturated heterocycles. The van der Waals surface area contributed by atoms with Crippen LogP contribution < -0.4 is 9.47 Å². The molecule has 0 aliphatic rings. The Morgan fingerprint density at radius 3 is 2.50 bits per heavy atom. The number of ether oxygens (including phenoxy) is 2. The van der Waals surface area contributed by atoms with Crippen molar-refractivity contribution in [3.8, 4) is 11.5 Å². The molecule has 0 bridgehead atoms. The second-order valence-corrected chi connectivity index (χ2v) is 5.13. The molecule has 0 radical (unpaired) electrons. The normalized spacial score (nSPS) is 11.1. The highest BCUT2D eigenvalue weighted by molar-refractivity contribution is 5.95. The number of hydrogen-bond acceptors (Lipinski definition) is 4. The van der Waals surface area contributed by atoms with Gasteiger partial charge in [0.25, 0.3) is 5.91 Å². The molecule has 0 aliphatic carbocycles. The summed E-state index contributed by atoms with van der Waals surface area (Å²) in [6.45, 7) is 5.91. The predicted molar refractivity (Wildman–Crippen MR) is 77.4 cm³/mol. The zero-order chi connectivity index (χ0) is 15.3. The van der Waals surface area contributed by atoms with Crippen molar-refractivity contribution < 1.29 is 19.4 Å². The van der Waals surface area contributed by atoms with Gasteiger partial charge in [0.05, 0.1) is 25.9 Å². The fourth-order valence-corrected chi connectivity index (χ4v) is 1.65. The van der Waals surface area contributed by atoms with Gasteiger partial charge in [0.2, 0.25) is 0 Å². The first-order valence-corrected chi connectivity index (χ1v) is 6.57. The number of carbonyl (C=O) groups is 1. The van der Waals surface area contributed by atoms with Crippen LogP contribution in [0.3, 0.4) is 0 Å². The van der Waals surface area contributed by atoms with E-state index in [-0.39, 0.29) is 12.5 Å². The maximum atomic E-state index is 12.4. The largest absolute Gasteiger partial charge is 0.493 e. The number of rotatable bonds is 6. The predicted octanol–water partition coefficient (Wildman–Crippen LogP) is 1.94. The average molecular weight is 281 g/mol. The molecule has 5 nitrogen and oxygen atoms in total. The molecular formula is C15H23NO4. The Bertz CT molecular complexity index is 471. The lowest BCUT2D eigenvalue weighted by atomic mass is 10.0. The van der Waals surface area contributed by atoms with Gasteiger partial charge in [0.15, 0.2) is 11.5 Å². The molecule has 5 heteroatoms. The van der Waals surface area contributed by atoms with Gasteiger partial charge in [-0.15, -0.1) is 0 Å². The summed E-state index contributed by atoms with van der Waals surface area (Å²) in [5, 5.41) is 9.34. The van der Waals surface area contributed by atoms with E-state index >= 15 is 0 Å². The molecule has 0 aliphatic heterocycles. The number of likely N-dealkylation sites (N-methyl/N-ethyl adjacent to an activating group) is 1. The molecular weight excluding hydrogens is 258 g/mol. The van der Waals surface area contributed by atoms with E-state index in [0.717, 1.165) is 0 Å². The highest BCUT2D eigenvalue weighted by atomic mass is 16.5. The van der Waals surface area contributed by atoms with Crippen molar-refractivity contribution in [1.82, 2.24) is 4.90 Å². The zero-order valence-corrected chi connectivity index (χ0v) is 12.8. The van der Waals surface area contributed by atoms with Crippen LogP contribution in [0.15, 0.2) is 18.2 Å². The summed E-state index contributed by atoms with van der Waals surface area (Å²) in [5.41, 5.74) is -0.127. The number of aliphatic hydroxyl groups is 1. The lowest BCUT2D eigenvalue weighted by molar-refractivity contribution is 0.0473. The zero-order valence-electron chi connectivity index (χ0n) is 12.8. The maximum Gasteiger partial charge on any atom is 0.254 e. The summed E-state index contributed by atoms with van der Waals surface area (Å²) >= 11 is 0. The molecule has 0 saturated carbocycles. The Balaban J connectivity index is 3.05. The third-order valence-electron chi connectivity index (χ3n) is 3.31.